The Morgan fingerprint density at radius 1 is 1.00 bits per heavy atom. The molecule has 2 unspecified atom stereocenters. The number of aliphatic hydroxyl groups excluding tert-OH is 2. The Morgan fingerprint density at radius 2 is 1.48 bits per heavy atom. The third-order valence-corrected chi connectivity index (χ3v) is 4.22. The van der Waals surface area contributed by atoms with Gasteiger partial charge in [0.25, 0.3) is 6.43 Å². The first kappa shape index (κ1) is 26.4. The van der Waals surface area contributed by atoms with Gasteiger partial charge in [0.1, 0.15) is 5.66 Å². The van der Waals surface area contributed by atoms with Crippen LogP contribution in [-0.2, 0) is 0 Å². The van der Waals surface area contributed by atoms with E-state index in [1.807, 2.05) is 5.43 Å². The van der Waals surface area contributed by atoms with Crippen LogP contribution in [0.3, 0.4) is 0 Å². The Morgan fingerprint density at radius 3 is 1.85 bits per heavy atom. The molecule has 0 rings (SSSR count). The summed E-state index contributed by atoms with van der Waals surface area (Å²) in [6.45, 7) is 2.71. The van der Waals surface area contributed by atoms with Gasteiger partial charge < -0.3 is 21.1 Å². The molecule has 0 fully saturated rings. The van der Waals surface area contributed by atoms with Gasteiger partial charge in [0.15, 0.2) is 5.72 Å². The number of halogens is 5. The van der Waals surface area contributed by atoms with Gasteiger partial charge in [-0.1, -0.05) is 20.8 Å². The molecule has 0 heterocycles. The van der Waals surface area contributed by atoms with Crippen LogP contribution in [0.2, 0.25) is 0 Å². The van der Waals surface area contributed by atoms with Crippen molar-refractivity contribution in [3.05, 3.63) is 0 Å². The summed E-state index contributed by atoms with van der Waals surface area (Å²) in [5, 5.41) is 29.7. The van der Waals surface area contributed by atoms with E-state index >= 15 is 0 Å². The van der Waals surface area contributed by atoms with E-state index in [2.05, 4.69) is 5.32 Å². The predicted octanol–water partition coefficient (Wildman–Crippen LogP) is 0.712. The summed E-state index contributed by atoms with van der Waals surface area (Å²) in [6, 6.07) is 0. The number of nitrogens with two attached hydrogens (primary N) is 1. The summed E-state index contributed by atoms with van der Waals surface area (Å²) < 4.78 is 68.0. The summed E-state index contributed by atoms with van der Waals surface area (Å²) in [4.78, 5) is 0. The molecule has 0 radical (unpaired) electrons. The number of rotatable bonds is 12. The minimum Gasteiger partial charge on any atom is -0.396 e. The van der Waals surface area contributed by atoms with E-state index in [9.17, 15) is 27.1 Å². The van der Waals surface area contributed by atoms with E-state index in [4.69, 9.17) is 15.9 Å². The maximum absolute atomic E-state index is 13.7. The minimum atomic E-state index is -5.05. The molecule has 7 N–H and O–H groups in total. The first-order valence-corrected chi connectivity index (χ1v) is 8.52. The van der Waals surface area contributed by atoms with E-state index in [-0.39, 0.29) is 44.2 Å². The highest BCUT2D eigenvalue weighted by atomic mass is 19.4. The van der Waals surface area contributed by atoms with E-state index in [1.54, 1.807) is 0 Å². The van der Waals surface area contributed by atoms with E-state index < -0.39 is 35.9 Å². The van der Waals surface area contributed by atoms with Gasteiger partial charge in [0.2, 0.25) is 0 Å². The third kappa shape index (κ3) is 7.37. The lowest BCUT2D eigenvalue weighted by molar-refractivity contribution is -0.320. The molecule has 0 bridgehead atoms. The zero-order valence-electron chi connectivity index (χ0n) is 15.8. The van der Waals surface area contributed by atoms with Crippen LogP contribution in [0, 0.1) is 5.41 Å². The first-order chi connectivity index (χ1) is 12.2. The maximum Gasteiger partial charge on any atom is 0.474 e. The smallest absolute Gasteiger partial charge is 0.396 e. The van der Waals surface area contributed by atoms with Crippen LogP contribution in [0.5, 0.6) is 0 Å². The summed E-state index contributed by atoms with van der Waals surface area (Å²) in [6.07, 6.45) is -9.67. The summed E-state index contributed by atoms with van der Waals surface area (Å²) in [7, 11) is 0. The molecule has 0 amide bonds. The molecular weight excluding hydrogens is 379 g/mol. The van der Waals surface area contributed by atoms with Gasteiger partial charge in [0, 0.05) is 32.7 Å². The van der Waals surface area contributed by atoms with Crippen LogP contribution in [0.15, 0.2) is 0 Å². The van der Waals surface area contributed by atoms with Crippen molar-refractivity contribution >= 4 is 0 Å². The molecule has 2 atom stereocenters. The average Bonchev–Trinajstić information content (AvgIpc) is 2.49. The lowest BCUT2D eigenvalue weighted by atomic mass is 9.75. The second-order valence-electron chi connectivity index (χ2n) is 7.37. The molecular formula is C15H31F5N4O3. The van der Waals surface area contributed by atoms with Gasteiger partial charge in [-0.3, -0.25) is 5.32 Å². The fraction of sp³-hybridized carbons (Fsp3) is 1.00. The molecule has 0 aromatic heterocycles. The van der Waals surface area contributed by atoms with Gasteiger partial charge in [-0.25, -0.2) is 14.2 Å². The first-order valence-electron chi connectivity index (χ1n) is 8.52. The number of hydrazine groups is 1. The van der Waals surface area contributed by atoms with Crippen LogP contribution < -0.4 is 16.5 Å². The largest absolute Gasteiger partial charge is 0.474 e. The number of hydrogen-bond acceptors (Lipinski definition) is 7. The number of nitrogens with one attached hydrogen (secondary N) is 2. The van der Waals surface area contributed by atoms with E-state index in [0.717, 1.165) is 0 Å². The minimum absolute atomic E-state index is 0.0137. The van der Waals surface area contributed by atoms with Crippen molar-refractivity contribution in [3.8, 4) is 0 Å². The molecule has 0 aliphatic rings. The maximum atomic E-state index is 13.7. The number of aliphatic hydroxyl groups is 3. The molecule has 0 aromatic carbocycles. The van der Waals surface area contributed by atoms with E-state index in [0.29, 0.717) is 0 Å². The fourth-order valence-corrected chi connectivity index (χ4v) is 2.42. The van der Waals surface area contributed by atoms with Crippen molar-refractivity contribution in [2.45, 2.75) is 64.1 Å². The highest BCUT2D eigenvalue weighted by Crippen LogP contribution is 2.42. The van der Waals surface area contributed by atoms with Crippen molar-refractivity contribution in [3.63, 3.8) is 0 Å². The fourth-order valence-electron chi connectivity index (χ4n) is 2.42. The van der Waals surface area contributed by atoms with Crippen LogP contribution in [0.25, 0.3) is 0 Å². The van der Waals surface area contributed by atoms with Gasteiger partial charge in [-0.15, -0.1) is 5.01 Å². The number of hydrogen-bond donors (Lipinski definition) is 6. The molecule has 7 nitrogen and oxygen atoms in total. The van der Waals surface area contributed by atoms with Crippen LogP contribution in [-0.4, -0.2) is 70.7 Å². The lowest BCUT2D eigenvalue weighted by Crippen LogP contribution is -2.75. The second-order valence-corrected chi connectivity index (χ2v) is 7.37. The molecule has 12 heteroatoms. The summed E-state index contributed by atoms with van der Waals surface area (Å²) in [5.74, 6) is 0. The second kappa shape index (κ2) is 10.2. The van der Waals surface area contributed by atoms with Gasteiger partial charge in [-0.2, -0.15) is 13.2 Å². The summed E-state index contributed by atoms with van der Waals surface area (Å²) >= 11 is 0. The van der Waals surface area contributed by atoms with Crippen molar-refractivity contribution in [1.29, 1.82) is 0 Å². The molecule has 0 aliphatic carbocycles. The molecule has 27 heavy (non-hydrogen) atoms. The molecule has 0 saturated carbocycles. The monoisotopic (exact) mass is 410 g/mol. The highest BCUT2D eigenvalue weighted by Gasteiger charge is 2.59. The summed E-state index contributed by atoms with van der Waals surface area (Å²) in [5.41, 5.74) is 1.14. The molecule has 0 aliphatic heterocycles. The quantitative estimate of drug-likeness (QED) is 0.0924. The predicted molar refractivity (Wildman–Crippen MR) is 89.2 cm³/mol. The van der Waals surface area contributed by atoms with Crippen molar-refractivity contribution in [1.82, 2.24) is 15.8 Å². The Hall–Kier alpha value is -0.630. The van der Waals surface area contributed by atoms with Gasteiger partial charge in [-0.05, 0) is 18.3 Å². The number of nitrogens with zero attached hydrogens (tertiary/aromatic N) is 1. The normalized spacial score (nSPS) is 18.0. The van der Waals surface area contributed by atoms with Crippen LogP contribution in [0.1, 0.15) is 40.0 Å². The Labute approximate surface area is 155 Å². The average molecular weight is 410 g/mol. The zero-order valence-corrected chi connectivity index (χ0v) is 15.8. The standard InChI is InChI=1S/C15H31F5N4O3/c1-12(2,3)14(21,24(15(18,19)20)23-7-5-9-26)10-13(27,11(16)17)22-6-4-8-25/h11,22-23,25-27H,4-10,21H2,1-3H3. The highest BCUT2D eigenvalue weighted by molar-refractivity contribution is 5.00. The van der Waals surface area contributed by atoms with Gasteiger partial charge in [0.05, 0.1) is 0 Å². The molecule has 0 saturated heterocycles. The SMILES string of the molecule is CC(C)(C)C(N)(CC(O)(NCCCO)C(F)F)N(NCCCO)C(F)(F)F. The molecule has 0 spiro atoms. The Kier molecular flexibility index (Phi) is 10.00. The van der Waals surface area contributed by atoms with Crippen molar-refractivity contribution in [2.24, 2.45) is 11.1 Å². The van der Waals surface area contributed by atoms with Gasteiger partial charge >= 0.3 is 6.30 Å². The lowest BCUT2D eigenvalue weighted by Gasteiger charge is -2.52. The topological polar surface area (TPSA) is 114 Å². The van der Waals surface area contributed by atoms with Crippen molar-refractivity contribution in [2.75, 3.05) is 26.3 Å². The van der Waals surface area contributed by atoms with Crippen molar-refractivity contribution < 1.29 is 37.3 Å². The Balaban J connectivity index is 5.93. The Bertz CT molecular complexity index is 437. The third-order valence-electron chi connectivity index (χ3n) is 4.22. The zero-order chi connectivity index (χ0) is 21.5. The van der Waals surface area contributed by atoms with E-state index in [1.165, 1.54) is 20.8 Å². The molecule has 0 aromatic rings. The molecule has 164 valence electrons. The number of alkyl halides is 5. The van der Waals surface area contributed by atoms with Crippen LogP contribution >= 0.6 is 0 Å². The van der Waals surface area contributed by atoms with Crippen LogP contribution in [0.4, 0.5) is 22.0 Å².